The van der Waals surface area contributed by atoms with Gasteiger partial charge in [0.25, 0.3) is 0 Å². The number of methoxy groups -OCH3 is 1. The van der Waals surface area contributed by atoms with E-state index in [9.17, 15) is 9.59 Å². The molecular weight excluding hydrogens is 292 g/mol. The molecule has 0 radical (unpaired) electrons. The highest BCUT2D eigenvalue weighted by Crippen LogP contribution is 2.14. The average molecular weight is 310 g/mol. The van der Waals surface area contributed by atoms with Crippen LogP contribution in [0.2, 0.25) is 0 Å². The van der Waals surface area contributed by atoms with E-state index in [2.05, 4.69) is 10.6 Å². The lowest BCUT2D eigenvalue weighted by molar-refractivity contribution is -0.114. The molecule has 0 saturated heterocycles. The van der Waals surface area contributed by atoms with Crippen molar-refractivity contribution in [1.82, 2.24) is 0 Å². The molecule has 2 aromatic carbocycles. The van der Waals surface area contributed by atoms with Gasteiger partial charge in [-0.2, -0.15) is 0 Å². The van der Waals surface area contributed by atoms with Crippen LogP contribution >= 0.6 is 0 Å². The second-order valence-corrected chi connectivity index (χ2v) is 4.85. The van der Waals surface area contributed by atoms with Gasteiger partial charge in [-0.05, 0) is 48.0 Å². The van der Waals surface area contributed by atoms with Gasteiger partial charge in [0.05, 0.1) is 7.11 Å². The minimum Gasteiger partial charge on any atom is -0.497 e. The van der Waals surface area contributed by atoms with Crippen LogP contribution in [0.1, 0.15) is 12.5 Å². The van der Waals surface area contributed by atoms with Crippen LogP contribution in [-0.2, 0) is 9.59 Å². The predicted octanol–water partition coefficient (Wildman–Crippen LogP) is 3.31. The first-order chi connectivity index (χ1) is 11.1. The Balaban J connectivity index is 1.93. The summed E-state index contributed by atoms with van der Waals surface area (Å²) in [7, 11) is 1.61. The van der Waals surface area contributed by atoms with Crippen molar-refractivity contribution in [3.8, 4) is 5.75 Å². The molecule has 0 saturated carbocycles. The van der Waals surface area contributed by atoms with Crippen LogP contribution in [0.4, 0.5) is 11.4 Å². The first-order valence-corrected chi connectivity index (χ1v) is 7.07. The van der Waals surface area contributed by atoms with E-state index in [-0.39, 0.29) is 11.8 Å². The minimum absolute atomic E-state index is 0.135. The van der Waals surface area contributed by atoms with E-state index in [4.69, 9.17) is 4.74 Å². The monoisotopic (exact) mass is 310 g/mol. The Hall–Kier alpha value is -3.08. The van der Waals surface area contributed by atoms with Gasteiger partial charge < -0.3 is 15.4 Å². The highest BCUT2D eigenvalue weighted by molar-refractivity contribution is 6.02. The summed E-state index contributed by atoms with van der Waals surface area (Å²) in [5.41, 5.74) is 2.25. The van der Waals surface area contributed by atoms with Gasteiger partial charge in [0.1, 0.15) is 5.75 Å². The number of rotatable bonds is 5. The third kappa shape index (κ3) is 5.32. The Labute approximate surface area is 135 Å². The Morgan fingerprint density at radius 3 is 2.00 bits per heavy atom. The van der Waals surface area contributed by atoms with Crippen LogP contribution in [0.15, 0.2) is 54.6 Å². The smallest absolute Gasteiger partial charge is 0.248 e. The van der Waals surface area contributed by atoms with Crippen molar-refractivity contribution in [3.05, 3.63) is 60.2 Å². The zero-order valence-corrected chi connectivity index (χ0v) is 13.0. The van der Waals surface area contributed by atoms with Crippen molar-refractivity contribution < 1.29 is 14.3 Å². The number of carbonyl (C=O) groups excluding carboxylic acids is 2. The van der Waals surface area contributed by atoms with Crippen LogP contribution in [0.25, 0.3) is 6.08 Å². The highest BCUT2D eigenvalue weighted by Gasteiger charge is 1.99. The zero-order valence-electron chi connectivity index (χ0n) is 13.0. The van der Waals surface area contributed by atoms with Crippen LogP contribution in [-0.4, -0.2) is 18.9 Å². The summed E-state index contributed by atoms with van der Waals surface area (Å²) in [4.78, 5) is 22.8. The van der Waals surface area contributed by atoms with Gasteiger partial charge in [0, 0.05) is 24.4 Å². The Bertz CT molecular complexity index is 704. The van der Waals surface area contributed by atoms with Crippen molar-refractivity contribution in [3.63, 3.8) is 0 Å². The van der Waals surface area contributed by atoms with E-state index in [1.54, 1.807) is 37.5 Å². The number of amides is 2. The van der Waals surface area contributed by atoms with E-state index in [1.165, 1.54) is 13.0 Å². The second-order valence-electron chi connectivity index (χ2n) is 4.85. The number of nitrogens with one attached hydrogen (secondary N) is 2. The molecule has 0 fully saturated rings. The molecule has 0 aliphatic rings. The van der Waals surface area contributed by atoms with Crippen molar-refractivity contribution in [2.45, 2.75) is 6.92 Å². The van der Waals surface area contributed by atoms with Gasteiger partial charge in [-0.25, -0.2) is 0 Å². The van der Waals surface area contributed by atoms with E-state index < -0.39 is 0 Å². The molecular formula is C18H18N2O3. The molecule has 118 valence electrons. The van der Waals surface area contributed by atoms with E-state index >= 15 is 0 Å². The van der Waals surface area contributed by atoms with Gasteiger partial charge in [-0.3, -0.25) is 9.59 Å². The summed E-state index contributed by atoms with van der Waals surface area (Å²) in [6.45, 7) is 1.44. The fourth-order valence-electron chi connectivity index (χ4n) is 1.91. The molecule has 2 N–H and O–H groups in total. The van der Waals surface area contributed by atoms with Crippen molar-refractivity contribution in [1.29, 1.82) is 0 Å². The molecule has 5 heteroatoms. The van der Waals surface area contributed by atoms with Crippen LogP contribution in [0.3, 0.4) is 0 Å². The molecule has 5 nitrogen and oxygen atoms in total. The number of carbonyl (C=O) groups is 2. The molecule has 0 unspecified atom stereocenters. The molecule has 0 bridgehead atoms. The van der Waals surface area contributed by atoms with Gasteiger partial charge in [-0.15, -0.1) is 0 Å². The van der Waals surface area contributed by atoms with Gasteiger partial charge >= 0.3 is 0 Å². The van der Waals surface area contributed by atoms with E-state index in [0.717, 1.165) is 11.3 Å². The molecule has 0 spiro atoms. The molecule has 2 rings (SSSR count). The summed E-state index contributed by atoms with van der Waals surface area (Å²) >= 11 is 0. The molecule has 0 atom stereocenters. The van der Waals surface area contributed by atoms with E-state index in [0.29, 0.717) is 11.4 Å². The molecule has 2 amide bonds. The topological polar surface area (TPSA) is 67.4 Å². The fraction of sp³-hybridized carbons (Fsp3) is 0.111. The summed E-state index contributed by atoms with van der Waals surface area (Å²) < 4.78 is 5.08. The molecule has 0 aliphatic carbocycles. The Morgan fingerprint density at radius 1 is 0.913 bits per heavy atom. The van der Waals surface area contributed by atoms with Crippen molar-refractivity contribution >= 4 is 29.3 Å². The number of benzene rings is 2. The van der Waals surface area contributed by atoms with Crippen LogP contribution in [0.5, 0.6) is 5.75 Å². The maximum Gasteiger partial charge on any atom is 0.248 e. The Kier molecular flexibility index (Phi) is 5.52. The molecule has 0 heterocycles. The normalized spacial score (nSPS) is 10.3. The summed E-state index contributed by atoms with van der Waals surface area (Å²) in [6.07, 6.45) is 3.18. The molecule has 2 aromatic rings. The van der Waals surface area contributed by atoms with Crippen LogP contribution in [0, 0.1) is 0 Å². The third-order valence-electron chi connectivity index (χ3n) is 3.02. The fourth-order valence-corrected chi connectivity index (χ4v) is 1.91. The van der Waals surface area contributed by atoms with Gasteiger partial charge in [-0.1, -0.05) is 12.1 Å². The number of hydrogen-bond acceptors (Lipinski definition) is 3. The second kappa shape index (κ2) is 7.79. The Morgan fingerprint density at radius 2 is 1.48 bits per heavy atom. The summed E-state index contributed by atoms with van der Waals surface area (Å²) in [5, 5.41) is 5.42. The largest absolute Gasteiger partial charge is 0.497 e. The quantitative estimate of drug-likeness (QED) is 0.833. The predicted molar refractivity (Wildman–Crippen MR) is 91.4 cm³/mol. The number of anilines is 2. The lowest BCUT2D eigenvalue weighted by Gasteiger charge is -2.05. The maximum absolute atomic E-state index is 11.9. The SMILES string of the molecule is COc1ccc(C=CC(=O)Nc2ccc(NC(C)=O)cc2)cc1. The standard InChI is InChI=1S/C18H18N2O3/c1-13(21)19-15-6-8-16(9-7-15)20-18(22)12-5-14-3-10-17(23-2)11-4-14/h3-12H,1-2H3,(H,19,21)(H,20,22). The third-order valence-corrected chi connectivity index (χ3v) is 3.02. The lowest BCUT2D eigenvalue weighted by Crippen LogP contribution is -2.08. The lowest BCUT2D eigenvalue weighted by atomic mass is 10.2. The molecule has 0 aliphatic heterocycles. The zero-order chi connectivity index (χ0) is 16.7. The first-order valence-electron chi connectivity index (χ1n) is 7.07. The number of hydrogen-bond donors (Lipinski definition) is 2. The summed E-state index contributed by atoms with van der Waals surface area (Å²) in [6, 6.07) is 14.3. The minimum atomic E-state index is -0.229. The van der Waals surface area contributed by atoms with E-state index in [1.807, 2.05) is 24.3 Å². The van der Waals surface area contributed by atoms with Gasteiger partial charge in [0.2, 0.25) is 11.8 Å². The number of ether oxygens (including phenoxy) is 1. The first kappa shape index (κ1) is 16.3. The maximum atomic E-state index is 11.9. The molecule has 0 aromatic heterocycles. The summed E-state index contributed by atoms with van der Waals surface area (Å²) in [5.74, 6) is 0.406. The highest BCUT2D eigenvalue weighted by atomic mass is 16.5. The molecule has 23 heavy (non-hydrogen) atoms. The van der Waals surface area contributed by atoms with Crippen LogP contribution < -0.4 is 15.4 Å². The average Bonchev–Trinajstić information content (AvgIpc) is 2.55. The van der Waals surface area contributed by atoms with Crippen molar-refractivity contribution in [2.24, 2.45) is 0 Å². The van der Waals surface area contributed by atoms with Gasteiger partial charge in [0.15, 0.2) is 0 Å². The van der Waals surface area contributed by atoms with Crippen molar-refractivity contribution in [2.75, 3.05) is 17.7 Å².